The molecule has 0 saturated carbocycles. The molecule has 55 heavy (non-hydrogen) atoms. The topological polar surface area (TPSA) is 189 Å². The maximum Gasteiger partial charge on any atom is 0.249 e. The molecule has 8 N–H and O–H groups in total. The standard InChI is InChI=1S/C44H87NO10/c1-3-5-7-9-11-13-15-17-18-19-21-23-25-27-29-31-37(48)43(53)45-36(34-54-44-42(52)41(51)40(50)39(33-46)55-44)38(49)32-35(47)30-28-26-24-22-20-16-14-12-10-8-6-4-2/h35-42,44,46-52H,3-34H2,1-2H3,(H,45,53). The van der Waals surface area contributed by atoms with Gasteiger partial charge in [-0.2, -0.15) is 0 Å². The van der Waals surface area contributed by atoms with Gasteiger partial charge in [-0.15, -0.1) is 0 Å². The maximum absolute atomic E-state index is 13.1. The third-order valence-corrected chi connectivity index (χ3v) is 11.4. The Hall–Kier alpha value is -0.890. The van der Waals surface area contributed by atoms with Crippen molar-refractivity contribution < 1.29 is 50.0 Å². The highest BCUT2D eigenvalue weighted by Crippen LogP contribution is 2.23. The fourth-order valence-corrected chi connectivity index (χ4v) is 7.55. The monoisotopic (exact) mass is 790 g/mol. The smallest absolute Gasteiger partial charge is 0.249 e. The molecule has 0 aromatic heterocycles. The Morgan fingerprint density at radius 1 is 0.582 bits per heavy atom. The Kier molecular flexibility index (Phi) is 33.3. The quantitative estimate of drug-likeness (QED) is 0.0300. The van der Waals surface area contributed by atoms with Gasteiger partial charge in [0.2, 0.25) is 5.91 Å². The number of carbonyl (C=O) groups is 1. The second-order valence-corrected chi connectivity index (χ2v) is 16.5. The summed E-state index contributed by atoms with van der Waals surface area (Å²) in [5.41, 5.74) is 0. The summed E-state index contributed by atoms with van der Waals surface area (Å²) in [5, 5.41) is 75.4. The number of nitrogens with one attached hydrogen (secondary N) is 1. The van der Waals surface area contributed by atoms with Gasteiger partial charge in [-0.25, -0.2) is 0 Å². The van der Waals surface area contributed by atoms with Gasteiger partial charge < -0.3 is 50.5 Å². The van der Waals surface area contributed by atoms with Crippen LogP contribution in [0.1, 0.15) is 206 Å². The zero-order chi connectivity index (χ0) is 40.5. The molecule has 11 heteroatoms. The molecule has 1 saturated heterocycles. The van der Waals surface area contributed by atoms with E-state index in [0.717, 1.165) is 38.5 Å². The number of unbranched alkanes of at least 4 members (excludes halogenated alkanes) is 25. The van der Waals surface area contributed by atoms with Gasteiger partial charge >= 0.3 is 0 Å². The minimum Gasteiger partial charge on any atom is -0.394 e. The molecule has 0 bridgehead atoms. The minimum atomic E-state index is -1.64. The van der Waals surface area contributed by atoms with Crippen molar-refractivity contribution >= 4 is 5.91 Å². The Bertz CT molecular complexity index is 866. The van der Waals surface area contributed by atoms with E-state index in [1.807, 2.05) is 0 Å². The van der Waals surface area contributed by atoms with Gasteiger partial charge in [0.25, 0.3) is 0 Å². The van der Waals surface area contributed by atoms with Crippen molar-refractivity contribution in [2.45, 2.75) is 262 Å². The molecule has 11 nitrogen and oxygen atoms in total. The molecule has 9 atom stereocenters. The van der Waals surface area contributed by atoms with Crippen LogP contribution in [0.4, 0.5) is 0 Å². The summed E-state index contributed by atoms with van der Waals surface area (Å²) in [4.78, 5) is 13.1. The fraction of sp³-hybridized carbons (Fsp3) is 0.977. The first kappa shape index (κ1) is 52.1. The van der Waals surface area contributed by atoms with Crippen LogP contribution in [0.5, 0.6) is 0 Å². The Balaban J connectivity index is 2.45. The molecule has 0 aliphatic carbocycles. The van der Waals surface area contributed by atoms with Gasteiger partial charge in [-0.3, -0.25) is 4.79 Å². The lowest BCUT2D eigenvalue weighted by atomic mass is 9.98. The van der Waals surface area contributed by atoms with Crippen molar-refractivity contribution in [2.75, 3.05) is 13.2 Å². The number of carbonyl (C=O) groups excluding carboxylic acids is 1. The average molecular weight is 790 g/mol. The van der Waals surface area contributed by atoms with Crippen molar-refractivity contribution in [2.24, 2.45) is 0 Å². The van der Waals surface area contributed by atoms with Gasteiger partial charge in [-0.1, -0.05) is 187 Å². The minimum absolute atomic E-state index is 0.0316. The van der Waals surface area contributed by atoms with Gasteiger partial charge in [-0.05, 0) is 12.8 Å². The van der Waals surface area contributed by atoms with E-state index in [2.05, 4.69) is 19.2 Å². The molecule has 9 unspecified atom stereocenters. The highest BCUT2D eigenvalue weighted by Gasteiger charge is 2.44. The summed E-state index contributed by atoms with van der Waals surface area (Å²) in [5.74, 6) is -0.665. The van der Waals surface area contributed by atoms with E-state index in [4.69, 9.17) is 9.47 Å². The SMILES string of the molecule is CCCCCCCCCCCCCCCCCC(O)C(=O)NC(COC1OC(CO)C(O)C(O)C1O)C(O)CC(O)CCCCCCCCCCCCCC. The largest absolute Gasteiger partial charge is 0.394 e. The molecule has 1 amide bonds. The highest BCUT2D eigenvalue weighted by molar-refractivity contribution is 5.80. The molecule has 1 rings (SSSR count). The summed E-state index contributed by atoms with van der Waals surface area (Å²) < 4.78 is 11.1. The molecular weight excluding hydrogens is 702 g/mol. The van der Waals surface area contributed by atoms with E-state index in [1.165, 1.54) is 128 Å². The summed E-state index contributed by atoms with van der Waals surface area (Å²) in [6.07, 6.45) is 22.8. The Morgan fingerprint density at radius 2 is 0.982 bits per heavy atom. The molecule has 1 heterocycles. The number of amides is 1. The number of hydrogen-bond donors (Lipinski definition) is 8. The second-order valence-electron chi connectivity index (χ2n) is 16.5. The summed E-state index contributed by atoms with van der Waals surface area (Å²) in [6, 6.07) is -1.06. The van der Waals surface area contributed by atoms with Crippen LogP contribution in [-0.2, 0) is 14.3 Å². The van der Waals surface area contributed by atoms with Crippen molar-refractivity contribution in [1.82, 2.24) is 5.32 Å². The molecule has 328 valence electrons. The Morgan fingerprint density at radius 3 is 1.40 bits per heavy atom. The van der Waals surface area contributed by atoms with Crippen molar-refractivity contribution in [3.63, 3.8) is 0 Å². The first-order valence-electron chi connectivity index (χ1n) is 22.9. The van der Waals surface area contributed by atoms with E-state index in [1.54, 1.807) is 0 Å². The van der Waals surface area contributed by atoms with Crippen LogP contribution in [0.2, 0.25) is 0 Å². The summed E-state index contributed by atoms with van der Waals surface area (Å²) in [6.45, 7) is 3.50. The third kappa shape index (κ3) is 26.0. The van der Waals surface area contributed by atoms with Crippen molar-refractivity contribution in [3.8, 4) is 0 Å². The van der Waals surface area contributed by atoms with E-state index in [0.29, 0.717) is 12.8 Å². The molecule has 1 fully saturated rings. The van der Waals surface area contributed by atoms with Crippen LogP contribution in [0.3, 0.4) is 0 Å². The molecule has 0 aromatic carbocycles. The van der Waals surface area contributed by atoms with Crippen LogP contribution in [-0.4, -0.2) is 110 Å². The molecule has 0 radical (unpaired) electrons. The van der Waals surface area contributed by atoms with Crippen LogP contribution in [0.25, 0.3) is 0 Å². The first-order valence-corrected chi connectivity index (χ1v) is 22.9. The molecular formula is C44H87NO10. The predicted molar refractivity (Wildman–Crippen MR) is 220 cm³/mol. The fourth-order valence-electron chi connectivity index (χ4n) is 7.55. The summed E-state index contributed by atoms with van der Waals surface area (Å²) in [7, 11) is 0. The number of rotatable bonds is 38. The third-order valence-electron chi connectivity index (χ3n) is 11.4. The number of aliphatic hydroxyl groups is 7. The lowest BCUT2D eigenvalue weighted by Crippen LogP contribution is -2.60. The van der Waals surface area contributed by atoms with Crippen LogP contribution < -0.4 is 5.32 Å². The van der Waals surface area contributed by atoms with E-state index in [9.17, 15) is 40.5 Å². The number of ether oxygens (including phenoxy) is 2. The van der Waals surface area contributed by atoms with Crippen molar-refractivity contribution in [3.05, 3.63) is 0 Å². The predicted octanol–water partition coefficient (Wildman–Crippen LogP) is 7.11. The second kappa shape index (κ2) is 35.1. The van der Waals surface area contributed by atoms with Crippen molar-refractivity contribution in [1.29, 1.82) is 0 Å². The normalized spacial score (nSPS) is 22.4. The summed E-state index contributed by atoms with van der Waals surface area (Å²) >= 11 is 0. The first-order chi connectivity index (χ1) is 26.7. The van der Waals surface area contributed by atoms with Gasteiger partial charge in [0.05, 0.1) is 31.5 Å². The lowest BCUT2D eigenvalue weighted by Gasteiger charge is -2.40. The van der Waals surface area contributed by atoms with E-state index < -0.39 is 67.6 Å². The number of hydrogen-bond acceptors (Lipinski definition) is 10. The zero-order valence-electron chi connectivity index (χ0n) is 35.2. The lowest BCUT2D eigenvalue weighted by molar-refractivity contribution is -0.302. The van der Waals surface area contributed by atoms with Crippen LogP contribution >= 0.6 is 0 Å². The van der Waals surface area contributed by atoms with Crippen LogP contribution in [0.15, 0.2) is 0 Å². The molecule has 1 aliphatic rings. The molecule has 0 spiro atoms. The highest BCUT2D eigenvalue weighted by atomic mass is 16.7. The molecule has 1 aliphatic heterocycles. The van der Waals surface area contributed by atoms with Gasteiger partial charge in [0, 0.05) is 6.42 Å². The Labute approximate surface area is 335 Å². The van der Waals surface area contributed by atoms with E-state index in [-0.39, 0.29) is 19.4 Å². The number of aliphatic hydroxyl groups excluding tert-OH is 7. The zero-order valence-corrected chi connectivity index (χ0v) is 35.2. The van der Waals surface area contributed by atoms with Gasteiger partial charge in [0.1, 0.15) is 30.5 Å². The van der Waals surface area contributed by atoms with Gasteiger partial charge in [0.15, 0.2) is 6.29 Å². The average Bonchev–Trinajstić information content (AvgIpc) is 3.17. The maximum atomic E-state index is 13.1. The van der Waals surface area contributed by atoms with Crippen LogP contribution in [0, 0.1) is 0 Å². The molecule has 0 aromatic rings. The van der Waals surface area contributed by atoms with E-state index >= 15 is 0 Å².